The smallest absolute Gasteiger partial charge is 0.326 e. The molecule has 20 heavy (non-hydrogen) atoms. The molecule has 0 aliphatic carbocycles. The summed E-state index contributed by atoms with van der Waals surface area (Å²) in [4.78, 5) is 22.7. The second-order valence-electron chi connectivity index (χ2n) is 4.74. The van der Waals surface area contributed by atoms with Crippen LogP contribution in [0.1, 0.15) is 20.3 Å². The van der Waals surface area contributed by atoms with Crippen molar-refractivity contribution in [2.45, 2.75) is 26.3 Å². The molecular weight excluding hydrogens is 331 g/mol. The maximum Gasteiger partial charge on any atom is 0.326 e. The van der Waals surface area contributed by atoms with Crippen molar-refractivity contribution in [1.82, 2.24) is 5.32 Å². The SMILES string of the molecule is CC(C)C[C@@H](NC(=O)Nc1cc(Br)ccc1F)C(=O)O. The maximum atomic E-state index is 13.5. The van der Waals surface area contributed by atoms with Crippen LogP contribution < -0.4 is 10.6 Å². The molecule has 110 valence electrons. The zero-order valence-electron chi connectivity index (χ0n) is 11.1. The second kappa shape index (κ2) is 7.23. The number of urea groups is 1. The molecule has 1 aromatic rings. The molecule has 0 saturated carbocycles. The summed E-state index contributed by atoms with van der Waals surface area (Å²) in [5.41, 5.74) is -0.0226. The highest BCUT2D eigenvalue weighted by Crippen LogP contribution is 2.19. The number of hydrogen-bond acceptors (Lipinski definition) is 2. The van der Waals surface area contributed by atoms with Crippen molar-refractivity contribution in [3.63, 3.8) is 0 Å². The monoisotopic (exact) mass is 346 g/mol. The molecule has 0 heterocycles. The summed E-state index contributed by atoms with van der Waals surface area (Å²) in [7, 11) is 0. The van der Waals surface area contributed by atoms with Crippen LogP contribution in [-0.2, 0) is 4.79 Å². The molecule has 1 aromatic carbocycles. The highest BCUT2D eigenvalue weighted by atomic mass is 79.9. The zero-order valence-corrected chi connectivity index (χ0v) is 12.7. The topological polar surface area (TPSA) is 78.4 Å². The van der Waals surface area contributed by atoms with E-state index < -0.39 is 23.9 Å². The normalized spacial score (nSPS) is 12.1. The number of carbonyl (C=O) groups excluding carboxylic acids is 1. The Balaban J connectivity index is 2.70. The van der Waals surface area contributed by atoms with E-state index in [1.807, 2.05) is 13.8 Å². The second-order valence-corrected chi connectivity index (χ2v) is 5.66. The first-order valence-corrected chi connectivity index (χ1v) is 6.84. The molecule has 0 aliphatic rings. The Kier molecular flexibility index (Phi) is 5.94. The fourth-order valence-electron chi connectivity index (χ4n) is 1.60. The van der Waals surface area contributed by atoms with E-state index in [1.165, 1.54) is 18.2 Å². The summed E-state index contributed by atoms with van der Waals surface area (Å²) in [6, 6.07) is 2.33. The van der Waals surface area contributed by atoms with E-state index in [9.17, 15) is 14.0 Å². The summed E-state index contributed by atoms with van der Waals surface area (Å²) in [6.45, 7) is 3.70. The van der Waals surface area contributed by atoms with Crippen molar-refractivity contribution in [2.24, 2.45) is 5.92 Å². The van der Waals surface area contributed by atoms with Gasteiger partial charge < -0.3 is 15.7 Å². The summed E-state index contributed by atoms with van der Waals surface area (Å²) in [5, 5.41) is 13.6. The maximum absolute atomic E-state index is 13.5. The first-order chi connectivity index (χ1) is 9.29. The first-order valence-electron chi connectivity index (χ1n) is 6.05. The fourth-order valence-corrected chi connectivity index (χ4v) is 1.96. The van der Waals surface area contributed by atoms with Crippen molar-refractivity contribution in [1.29, 1.82) is 0 Å². The lowest BCUT2D eigenvalue weighted by atomic mass is 10.0. The van der Waals surface area contributed by atoms with E-state index >= 15 is 0 Å². The number of carboxylic acids is 1. The highest BCUT2D eigenvalue weighted by Gasteiger charge is 2.21. The van der Waals surface area contributed by atoms with Crippen LogP contribution >= 0.6 is 15.9 Å². The summed E-state index contributed by atoms with van der Waals surface area (Å²) < 4.78 is 14.1. The molecule has 0 fully saturated rings. The number of hydrogen-bond donors (Lipinski definition) is 3. The van der Waals surface area contributed by atoms with E-state index in [0.29, 0.717) is 10.9 Å². The zero-order chi connectivity index (χ0) is 15.3. The van der Waals surface area contributed by atoms with Crippen LogP contribution in [0.2, 0.25) is 0 Å². The number of benzene rings is 1. The molecule has 0 bridgehead atoms. The van der Waals surface area contributed by atoms with Crippen molar-refractivity contribution in [3.05, 3.63) is 28.5 Å². The van der Waals surface area contributed by atoms with E-state index in [0.717, 1.165) is 0 Å². The number of nitrogens with one attached hydrogen (secondary N) is 2. The van der Waals surface area contributed by atoms with Crippen LogP contribution in [0.3, 0.4) is 0 Å². The lowest BCUT2D eigenvalue weighted by Gasteiger charge is -2.17. The highest BCUT2D eigenvalue weighted by molar-refractivity contribution is 9.10. The predicted molar refractivity (Wildman–Crippen MR) is 77.1 cm³/mol. The van der Waals surface area contributed by atoms with Crippen molar-refractivity contribution >= 4 is 33.6 Å². The van der Waals surface area contributed by atoms with Crippen LogP contribution in [0.4, 0.5) is 14.9 Å². The molecule has 7 heteroatoms. The van der Waals surface area contributed by atoms with Crippen LogP contribution in [0.15, 0.2) is 22.7 Å². The van der Waals surface area contributed by atoms with Crippen LogP contribution in [0, 0.1) is 11.7 Å². The van der Waals surface area contributed by atoms with Gasteiger partial charge >= 0.3 is 12.0 Å². The van der Waals surface area contributed by atoms with Crippen molar-refractivity contribution < 1.29 is 19.1 Å². The minimum absolute atomic E-state index is 0.0226. The number of carbonyl (C=O) groups is 2. The summed E-state index contributed by atoms with van der Waals surface area (Å²) in [6.07, 6.45) is 0.295. The molecule has 0 aromatic heterocycles. The van der Waals surface area contributed by atoms with Crippen LogP contribution in [0.25, 0.3) is 0 Å². The Bertz CT molecular complexity index is 508. The Morgan fingerprint density at radius 3 is 2.60 bits per heavy atom. The van der Waals surface area contributed by atoms with Crippen molar-refractivity contribution in [2.75, 3.05) is 5.32 Å². The molecule has 1 rings (SSSR count). The molecule has 3 N–H and O–H groups in total. The van der Waals surface area contributed by atoms with Gasteiger partial charge in [-0.1, -0.05) is 29.8 Å². The number of aliphatic carboxylic acids is 1. The molecule has 0 aliphatic heterocycles. The Labute approximate surface area is 124 Å². The van der Waals surface area contributed by atoms with E-state index in [2.05, 4.69) is 26.6 Å². The largest absolute Gasteiger partial charge is 0.480 e. The first kappa shape index (κ1) is 16.4. The average Bonchev–Trinajstić information content (AvgIpc) is 2.32. The Morgan fingerprint density at radius 2 is 2.05 bits per heavy atom. The van der Waals surface area contributed by atoms with Crippen molar-refractivity contribution in [3.8, 4) is 0 Å². The van der Waals surface area contributed by atoms with Gasteiger partial charge in [-0.2, -0.15) is 0 Å². The van der Waals surface area contributed by atoms with E-state index in [4.69, 9.17) is 5.11 Å². The summed E-state index contributed by atoms with van der Waals surface area (Å²) in [5.74, 6) is -1.61. The van der Waals surface area contributed by atoms with E-state index in [1.54, 1.807) is 0 Å². The van der Waals surface area contributed by atoms with Gasteiger partial charge in [0.2, 0.25) is 0 Å². The number of amides is 2. The van der Waals surface area contributed by atoms with Gasteiger partial charge in [0, 0.05) is 4.47 Å². The molecular formula is C13H16BrFN2O3. The standard InChI is InChI=1S/C13H16BrFN2O3/c1-7(2)5-11(12(18)19)17-13(20)16-10-6-8(14)3-4-9(10)15/h3-4,6-7,11H,5H2,1-2H3,(H,18,19)(H2,16,17,20)/t11-/m1/s1. The van der Waals surface area contributed by atoms with E-state index in [-0.39, 0.29) is 11.6 Å². The lowest BCUT2D eigenvalue weighted by Crippen LogP contribution is -2.43. The van der Waals surface area contributed by atoms with Gasteiger partial charge in [0.15, 0.2) is 0 Å². The number of anilines is 1. The minimum Gasteiger partial charge on any atom is -0.480 e. The fraction of sp³-hybridized carbons (Fsp3) is 0.385. The van der Waals surface area contributed by atoms with Gasteiger partial charge in [-0.3, -0.25) is 0 Å². The Hall–Kier alpha value is -1.63. The quantitative estimate of drug-likeness (QED) is 0.765. The number of rotatable bonds is 5. The Morgan fingerprint density at radius 1 is 1.40 bits per heavy atom. The number of halogens is 2. The van der Waals surface area contributed by atoms with Gasteiger partial charge in [-0.25, -0.2) is 14.0 Å². The van der Waals surface area contributed by atoms with Gasteiger partial charge in [0.05, 0.1) is 5.69 Å². The summed E-state index contributed by atoms with van der Waals surface area (Å²) >= 11 is 3.16. The van der Waals surface area contributed by atoms with Crippen LogP contribution in [-0.4, -0.2) is 23.1 Å². The third-order valence-corrected chi connectivity index (χ3v) is 2.98. The molecule has 1 atom stereocenters. The van der Waals surface area contributed by atoms with Gasteiger partial charge in [0.25, 0.3) is 0 Å². The van der Waals surface area contributed by atoms with Gasteiger partial charge in [-0.15, -0.1) is 0 Å². The molecule has 2 amide bonds. The van der Waals surface area contributed by atoms with Gasteiger partial charge in [-0.05, 0) is 30.5 Å². The molecule has 0 spiro atoms. The predicted octanol–water partition coefficient (Wildman–Crippen LogP) is 3.21. The average molecular weight is 347 g/mol. The molecule has 0 radical (unpaired) electrons. The third-order valence-electron chi connectivity index (χ3n) is 2.49. The molecule has 5 nitrogen and oxygen atoms in total. The number of carboxylic acid groups (broad SMARTS) is 1. The lowest BCUT2D eigenvalue weighted by molar-refractivity contribution is -0.139. The molecule has 0 saturated heterocycles. The third kappa shape index (κ3) is 5.16. The molecule has 0 unspecified atom stereocenters. The van der Waals surface area contributed by atoms with Crippen LogP contribution in [0.5, 0.6) is 0 Å². The minimum atomic E-state index is -1.12. The van der Waals surface area contributed by atoms with Gasteiger partial charge in [0.1, 0.15) is 11.9 Å².